The zero-order valence-electron chi connectivity index (χ0n) is 21.6. The van der Waals surface area contributed by atoms with Crippen molar-refractivity contribution in [2.24, 2.45) is 0 Å². The van der Waals surface area contributed by atoms with Gasteiger partial charge in [0.15, 0.2) is 0 Å². The molecular formula is C25H34N4O11. The second kappa shape index (κ2) is 17.8. The Kier molecular flexibility index (Phi) is 14.8. The minimum Gasteiger partial charge on any atom is -0.481 e. The molecule has 220 valence electrons. The first-order chi connectivity index (χ1) is 18.9. The molecule has 0 spiro atoms. The largest absolute Gasteiger partial charge is 0.481 e. The molecule has 15 nitrogen and oxygen atoms in total. The molecule has 8 N–H and O–H groups in total. The van der Waals surface area contributed by atoms with Gasteiger partial charge in [0.05, 0.1) is 6.42 Å². The second-order valence-electron chi connectivity index (χ2n) is 8.82. The van der Waals surface area contributed by atoms with Gasteiger partial charge in [-0.25, -0.2) is 14.4 Å². The van der Waals surface area contributed by atoms with Crippen molar-refractivity contribution in [3.63, 3.8) is 0 Å². The Morgan fingerprint density at radius 3 is 1.77 bits per heavy atom. The van der Waals surface area contributed by atoms with Gasteiger partial charge < -0.3 is 41.7 Å². The van der Waals surface area contributed by atoms with Crippen molar-refractivity contribution in [3.8, 4) is 0 Å². The molecule has 0 saturated heterocycles. The number of nitrogens with one attached hydrogen (secondary N) is 4. The third-order valence-corrected chi connectivity index (χ3v) is 5.57. The molecule has 0 radical (unpaired) electrons. The van der Waals surface area contributed by atoms with Crippen molar-refractivity contribution >= 4 is 41.7 Å². The first-order valence-corrected chi connectivity index (χ1v) is 12.5. The smallest absolute Gasteiger partial charge is 0.326 e. The highest BCUT2D eigenvalue weighted by Crippen LogP contribution is 2.06. The van der Waals surface area contributed by atoms with Gasteiger partial charge in [0.2, 0.25) is 11.8 Å². The van der Waals surface area contributed by atoms with Gasteiger partial charge in [-0.05, 0) is 31.2 Å². The molecule has 0 fully saturated rings. The summed E-state index contributed by atoms with van der Waals surface area (Å²) in [5, 5.41) is 45.3. The third kappa shape index (κ3) is 14.3. The minimum atomic E-state index is -1.52. The lowest BCUT2D eigenvalue weighted by atomic mass is 10.0. The van der Waals surface area contributed by atoms with E-state index in [-0.39, 0.29) is 45.1 Å². The molecule has 15 heteroatoms. The molecule has 1 rings (SSSR count). The first kappa shape index (κ1) is 33.3. The number of rotatable bonds is 19. The molecule has 1 aromatic carbocycles. The predicted octanol–water partition coefficient (Wildman–Crippen LogP) is -0.0644. The summed E-state index contributed by atoms with van der Waals surface area (Å²) in [4.78, 5) is 81.0. The minimum absolute atomic E-state index is 0.0507. The summed E-state index contributed by atoms with van der Waals surface area (Å²) < 4.78 is 0. The Morgan fingerprint density at radius 2 is 1.23 bits per heavy atom. The number of carboxylic acids is 4. The summed E-state index contributed by atoms with van der Waals surface area (Å²) in [6.07, 6.45) is -0.919. The molecule has 0 aromatic heterocycles. The van der Waals surface area contributed by atoms with Crippen LogP contribution in [0.25, 0.3) is 0 Å². The average molecular weight is 567 g/mol. The Hall–Kier alpha value is -4.69. The van der Waals surface area contributed by atoms with E-state index < -0.39 is 66.3 Å². The zero-order chi connectivity index (χ0) is 30.1. The Bertz CT molecular complexity index is 1050. The van der Waals surface area contributed by atoms with Gasteiger partial charge in [-0.3, -0.25) is 19.2 Å². The van der Waals surface area contributed by atoms with Crippen LogP contribution in [0.1, 0.15) is 50.5 Å². The number of benzene rings is 1. The fraction of sp³-hybridized carbons (Fsp3) is 0.480. The van der Waals surface area contributed by atoms with E-state index in [4.69, 9.17) is 15.3 Å². The van der Waals surface area contributed by atoms with E-state index in [1.165, 1.54) is 0 Å². The van der Waals surface area contributed by atoms with Crippen LogP contribution in [0.5, 0.6) is 0 Å². The molecule has 40 heavy (non-hydrogen) atoms. The van der Waals surface area contributed by atoms with Crippen LogP contribution in [0.3, 0.4) is 0 Å². The van der Waals surface area contributed by atoms with Crippen LogP contribution in [0, 0.1) is 0 Å². The van der Waals surface area contributed by atoms with Gasteiger partial charge in [-0.1, -0.05) is 30.3 Å². The van der Waals surface area contributed by atoms with Gasteiger partial charge in [0.25, 0.3) is 0 Å². The normalized spacial score (nSPS) is 12.7. The maximum atomic E-state index is 12.7. The molecule has 0 saturated carbocycles. The number of carbonyl (C=O) groups excluding carboxylic acids is 3. The maximum Gasteiger partial charge on any atom is 0.326 e. The quantitative estimate of drug-likeness (QED) is 0.103. The van der Waals surface area contributed by atoms with Crippen molar-refractivity contribution in [3.05, 3.63) is 35.9 Å². The van der Waals surface area contributed by atoms with Crippen LogP contribution in [-0.4, -0.2) is 86.8 Å². The highest BCUT2D eigenvalue weighted by molar-refractivity contribution is 5.89. The molecule has 0 aliphatic carbocycles. The number of hydrogen-bond acceptors (Lipinski definition) is 7. The number of aliphatic carboxylic acids is 4. The molecule has 3 atom stereocenters. The van der Waals surface area contributed by atoms with Crippen LogP contribution in [0.2, 0.25) is 0 Å². The lowest BCUT2D eigenvalue weighted by Gasteiger charge is -2.19. The SMILES string of the molecule is O=C(O)CCC(=O)N[C@@H](Cc1ccccc1)C(=O)NCCCC[C@H](NC(=O)N[C@@H](CCC(=O)O)C(=O)O)C(=O)O. The van der Waals surface area contributed by atoms with Crippen LogP contribution in [0.15, 0.2) is 30.3 Å². The molecule has 0 heterocycles. The lowest BCUT2D eigenvalue weighted by Crippen LogP contribution is -2.51. The summed E-state index contributed by atoms with van der Waals surface area (Å²) in [6.45, 7) is 0.115. The highest BCUT2D eigenvalue weighted by atomic mass is 16.4. The number of urea groups is 1. The predicted molar refractivity (Wildman–Crippen MR) is 137 cm³/mol. The average Bonchev–Trinajstić information content (AvgIpc) is 2.88. The highest BCUT2D eigenvalue weighted by Gasteiger charge is 2.25. The molecule has 1 aromatic rings. The number of carbonyl (C=O) groups is 7. The van der Waals surface area contributed by atoms with Gasteiger partial charge in [0, 0.05) is 25.8 Å². The van der Waals surface area contributed by atoms with E-state index in [2.05, 4.69) is 16.0 Å². The van der Waals surface area contributed by atoms with Gasteiger partial charge in [0.1, 0.15) is 18.1 Å². The third-order valence-electron chi connectivity index (χ3n) is 5.57. The van der Waals surface area contributed by atoms with Crippen LogP contribution < -0.4 is 21.3 Å². The lowest BCUT2D eigenvalue weighted by molar-refractivity contribution is -0.141. The monoisotopic (exact) mass is 566 g/mol. The summed E-state index contributed by atoms with van der Waals surface area (Å²) in [6, 6.07) is 3.91. The van der Waals surface area contributed by atoms with Crippen LogP contribution in [-0.2, 0) is 35.2 Å². The van der Waals surface area contributed by atoms with E-state index in [9.17, 15) is 38.7 Å². The van der Waals surface area contributed by atoms with Crippen molar-refractivity contribution in [2.45, 2.75) is 69.5 Å². The van der Waals surface area contributed by atoms with Gasteiger partial charge in [-0.2, -0.15) is 0 Å². The number of unbranched alkanes of at least 4 members (excludes halogenated alkanes) is 1. The number of amides is 4. The van der Waals surface area contributed by atoms with E-state index >= 15 is 0 Å². The first-order valence-electron chi connectivity index (χ1n) is 12.5. The summed E-state index contributed by atoms with van der Waals surface area (Å²) >= 11 is 0. The summed E-state index contributed by atoms with van der Waals surface area (Å²) in [5.41, 5.74) is 0.767. The van der Waals surface area contributed by atoms with Gasteiger partial charge >= 0.3 is 29.9 Å². The summed E-state index contributed by atoms with van der Waals surface area (Å²) in [5.74, 6) is -6.35. The summed E-state index contributed by atoms with van der Waals surface area (Å²) in [7, 11) is 0. The molecule has 0 aliphatic heterocycles. The number of hydrogen-bond donors (Lipinski definition) is 8. The van der Waals surface area contributed by atoms with Crippen molar-refractivity contribution in [1.29, 1.82) is 0 Å². The maximum absolute atomic E-state index is 12.7. The number of carboxylic acid groups (broad SMARTS) is 4. The topological polar surface area (TPSA) is 249 Å². The molecular weight excluding hydrogens is 532 g/mol. The van der Waals surface area contributed by atoms with Crippen molar-refractivity contribution < 1.29 is 54.0 Å². The Morgan fingerprint density at radius 1 is 0.650 bits per heavy atom. The van der Waals surface area contributed by atoms with E-state index in [1.54, 1.807) is 30.3 Å². The van der Waals surface area contributed by atoms with Crippen molar-refractivity contribution in [2.75, 3.05) is 6.54 Å². The molecule has 4 amide bonds. The van der Waals surface area contributed by atoms with Crippen LogP contribution >= 0.6 is 0 Å². The second-order valence-corrected chi connectivity index (χ2v) is 8.82. The zero-order valence-corrected chi connectivity index (χ0v) is 21.6. The van der Waals surface area contributed by atoms with Crippen molar-refractivity contribution in [1.82, 2.24) is 21.3 Å². The van der Waals surface area contributed by atoms with E-state index in [0.29, 0.717) is 6.42 Å². The fourth-order valence-corrected chi connectivity index (χ4v) is 3.50. The van der Waals surface area contributed by atoms with Crippen LogP contribution in [0.4, 0.5) is 4.79 Å². The van der Waals surface area contributed by atoms with E-state index in [0.717, 1.165) is 5.56 Å². The van der Waals surface area contributed by atoms with Gasteiger partial charge in [-0.15, -0.1) is 0 Å². The fourth-order valence-electron chi connectivity index (χ4n) is 3.50. The van der Waals surface area contributed by atoms with E-state index in [1.807, 2.05) is 5.32 Å². The Balaban J connectivity index is 2.58. The molecule has 0 unspecified atom stereocenters. The Labute approximate surface area is 229 Å². The standard InChI is InChI=1S/C25H34N4O11/c30-19(10-12-21(33)34)27-18(14-15-6-2-1-3-7-15)22(35)26-13-5-4-8-16(23(36)37)28-25(40)29-17(24(38)39)9-11-20(31)32/h1-3,6-7,16-18H,4-5,8-14H2,(H,26,35)(H,27,30)(H,31,32)(H,33,34)(H,36,37)(H,38,39)(H2,28,29,40)/t16-,17-,18-/m0/s1. The molecule has 0 aliphatic rings. The molecule has 0 bridgehead atoms.